The van der Waals surface area contributed by atoms with Gasteiger partial charge in [0.15, 0.2) is 23.5 Å². The highest BCUT2D eigenvalue weighted by molar-refractivity contribution is 6.01. The molecule has 6 heteroatoms. The van der Waals surface area contributed by atoms with Crippen molar-refractivity contribution in [3.05, 3.63) is 23.8 Å². The zero-order valence-electron chi connectivity index (χ0n) is 18.7. The summed E-state index contributed by atoms with van der Waals surface area (Å²) in [5.41, 5.74) is -1.05. The quantitative estimate of drug-likeness (QED) is 0.712. The number of hydrogen-bond acceptors (Lipinski definition) is 6. The summed E-state index contributed by atoms with van der Waals surface area (Å²) in [6.07, 6.45) is 8.31. The molecule has 4 aliphatic carbocycles. The second-order valence-corrected chi connectivity index (χ2v) is 10.7. The van der Waals surface area contributed by atoms with Gasteiger partial charge in [-0.15, -0.1) is 0 Å². The Morgan fingerprint density at radius 2 is 2.10 bits per heavy atom. The Morgan fingerprint density at radius 1 is 1.32 bits per heavy atom. The third kappa shape index (κ3) is 2.65. The molecular weight excluding hydrogens is 396 g/mol. The van der Waals surface area contributed by atoms with Gasteiger partial charge in [0.1, 0.15) is 6.61 Å². The molecule has 170 valence electrons. The van der Waals surface area contributed by atoms with Crippen LogP contribution in [-0.4, -0.2) is 52.5 Å². The van der Waals surface area contributed by atoms with Gasteiger partial charge in [-0.05, 0) is 56.1 Å². The summed E-state index contributed by atoms with van der Waals surface area (Å²) in [5.74, 6) is 0.0274. The molecule has 1 aliphatic heterocycles. The van der Waals surface area contributed by atoms with Crippen LogP contribution in [0, 0.1) is 28.6 Å². The molecule has 2 N–H and O–H groups in total. The number of carbonyl (C=O) groups excluding carboxylic acids is 2. The van der Waals surface area contributed by atoms with Crippen molar-refractivity contribution in [3.63, 3.8) is 0 Å². The molecule has 0 amide bonds. The number of fused-ring (bicyclic) bond motifs is 7. The highest BCUT2D eigenvalue weighted by Gasteiger charge is 2.75. The van der Waals surface area contributed by atoms with Gasteiger partial charge in [0.2, 0.25) is 0 Å². The molecule has 1 saturated heterocycles. The summed E-state index contributed by atoms with van der Waals surface area (Å²) in [4.78, 5) is 25.2. The topological polar surface area (TPSA) is 93.1 Å². The smallest absolute Gasteiger partial charge is 0.193 e. The van der Waals surface area contributed by atoms with E-state index >= 15 is 0 Å². The molecule has 9 atom stereocenters. The summed E-state index contributed by atoms with van der Waals surface area (Å²) in [6, 6.07) is 0. The molecule has 0 radical (unpaired) electrons. The SMILES string of the molecule is CCCC1OC2C[C@H]3[C@@H]4CCC5=CC(=O)C=C[C@]5(C)[C@H]4C(O)C[C@]3(C)[C@]2(C(=O)CO)O1. The van der Waals surface area contributed by atoms with Gasteiger partial charge in [-0.3, -0.25) is 9.59 Å². The van der Waals surface area contributed by atoms with Crippen LogP contribution in [0.5, 0.6) is 0 Å². The Kier molecular flexibility index (Phi) is 4.91. The van der Waals surface area contributed by atoms with E-state index in [4.69, 9.17) is 9.47 Å². The first kappa shape index (κ1) is 21.5. The first-order chi connectivity index (χ1) is 14.7. The Hall–Kier alpha value is -1.34. The second kappa shape index (κ2) is 7.08. The van der Waals surface area contributed by atoms with Gasteiger partial charge in [0.25, 0.3) is 0 Å². The number of ether oxygens (including phenoxy) is 2. The van der Waals surface area contributed by atoms with Crippen molar-refractivity contribution < 1.29 is 29.3 Å². The van der Waals surface area contributed by atoms with Gasteiger partial charge in [-0.2, -0.15) is 0 Å². The minimum Gasteiger partial charge on any atom is -0.393 e. The third-order valence-corrected chi connectivity index (χ3v) is 9.37. The number of allylic oxidation sites excluding steroid dienone is 4. The number of aliphatic hydroxyl groups excluding tert-OH is 2. The fraction of sp³-hybridized carbons (Fsp3) is 0.760. The predicted molar refractivity (Wildman–Crippen MR) is 113 cm³/mol. The summed E-state index contributed by atoms with van der Waals surface area (Å²) in [5, 5.41) is 21.4. The molecule has 3 unspecified atom stereocenters. The Labute approximate surface area is 183 Å². The van der Waals surface area contributed by atoms with Crippen LogP contribution >= 0.6 is 0 Å². The zero-order chi connectivity index (χ0) is 22.2. The van der Waals surface area contributed by atoms with Crippen molar-refractivity contribution in [3.8, 4) is 0 Å². The van der Waals surface area contributed by atoms with Crippen LogP contribution in [0.15, 0.2) is 23.8 Å². The van der Waals surface area contributed by atoms with Gasteiger partial charge in [0, 0.05) is 16.7 Å². The lowest BCUT2D eigenvalue weighted by Gasteiger charge is -2.59. The molecule has 0 bridgehead atoms. The lowest BCUT2D eigenvalue weighted by Crippen LogP contribution is -2.63. The molecule has 3 saturated carbocycles. The second-order valence-electron chi connectivity index (χ2n) is 10.7. The fourth-order valence-electron chi connectivity index (χ4n) is 8.12. The van der Waals surface area contributed by atoms with Gasteiger partial charge in [-0.25, -0.2) is 0 Å². The van der Waals surface area contributed by atoms with E-state index in [-0.39, 0.29) is 34.7 Å². The van der Waals surface area contributed by atoms with E-state index in [0.717, 1.165) is 24.8 Å². The van der Waals surface area contributed by atoms with Gasteiger partial charge < -0.3 is 19.7 Å². The van der Waals surface area contributed by atoms with Crippen LogP contribution in [0.4, 0.5) is 0 Å². The number of aliphatic hydroxyl groups is 2. The molecule has 6 nitrogen and oxygen atoms in total. The normalized spacial score (nSPS) is 50.4. The van der Waals surface area contributed by atoms with E-state index in [0.29, 0.717) is 19.3 Å². The van der Waals surface area contributed by atoms with Crippen molar-refractivity contribution in [2.24, 2.45) is 28.6 Å². The monoisotopic (exact) mass is 430 g/mol. The first-order valence-corrected chi connectivity index (χ1v) is 11.8. The van der Waals surface area contributed by atoms with E-state index in [1.54, 1.807) is 12.2 Å². The molecule has 5 aliphatic rings. The minimum absolute atomic E-state index is 0.0125. The lowest BCUT2D eigenvalue weighted by molar-refractivity contribution is -0.200. The number of hydrogen-bond donors (Lipinski definition) is 2. The number of rotatable bonds is 4. The minimum atomic E-state index is -1.20. The maximum absolute atomic E-state index is 13.2. The molecule has 31 heavy (non-hydrogen) atoms. The molecule has 1 heterocycles. The lowest BCUT2D eigenvalue weighted by atomic mass is 9.46. The molecule has 4 fully saturated rings. The maximum Gasteiger partial charge on any atom is 0.193 e. The van der Waals surface area contributed by atoms with Gasteiger partial charge in [-0.1, -0.05) is 38.8 Å². The predicted octanol–water partition coefficient (Wildman–Crippen LogP) is 2.72. The Balaban J connectivity index is 1.55. The molecule has 0 spiro atoms. The van der Waals surface area contributed by atoms with Crippen molar-refractivity contribution in [2.45, 2.75) is 83.4 Å². The van der Waals surface area contributed by atoms with E-state index in [1.165, 1.54) is 0 Å². The van der Waals surface area contributed by atoms with Crippen molar-refractivity contribution in [2.75, 3.05) is 6.61 Å². The van der Waals surface area contributed by atoms with Crippen LogP contribution in [0.1, 0.15) is 59.3 Å². The maximum atomic E-state index is 13.2. The third-order valence-electron chi connectivity index (χ3n) is 9.37. The average Bonchev–Trinajstić information content (AvgIpc) is 3.20. The molecule has 5 rings (SSSR count). The van der Waals surface area contributed by atoms with Crippen LogP contribution in [0.3, 0.4) is 0 Å². The van der Waals surface area contributed by atoms with E-state index in [2.05, 4.69) is 20.8 Å². The van der Waals surface area contributed by atoms with Crippen LogP contribution in [-0.2, 0) is 19.1 Å². The summed E-state index contributed by atoms with van der Waals surface area (Å²) < 4.78 is 12.7. The van der Waals surface area contributed by atoms with E-state index in [9.17, 15) is 19.8 Å². The Morgan fingerprint density at radius 3 is 2.81 bits per heavy atom. The number of Topliss-reactive ketones (excluding diaryl/α,β-unsaturated/α-hetero) is 1. The van der Waals surface area contributed by atoms with Crippen LogP contribution in [0.25, 0.3) is 0 Å². The summed E-state index contributed by atoms with van der Waals surface area (Å²) >= 11 is 0. The average molecular weight is 431 g/mol. The first-order valence-electron chi connectivity index (χ1n) is 11.8. The van der Waals surface area contributed by atoms with Crippen molar-refractivity contribution in [1.82, 2.24) is 0 Å². The highest BCUT2D eigenvalue weighted by atomic mass is 16.7. The molecular formula is C25H34O6. The van der Waals surface area contributed by atoms with Gasteiger partial charge in [0.05, 0.1) is 12.2 Å². The van der Waals surface area contributed by atoms with E-state index < -0.39 is 36.1 Å². The molecule has 0 aromatic heterocycles. The molecule has 0 aromatic carbocycles. The molecule has 0 aromatic rings. The highest BCUT2D eigenvalue weighted by Crippen LogP contribution is 2.69. The van der Waals surface area contributed by atoms with Gasteiger partial charge >= 0.3 is 0 Å². The summed E-state index contributed by atoms with van der Waals surface area (Å²) in [7, 11) is 0. The van der Waals surface area contributed by atoms with E-state index in [1.807, 2.05) is 6.08 Å². The van der Waals surface area contributed by atoms with Crippen molar-refractivity contribution >= 4 is 11.6 Å². The fourth-order valence-corrected chi connectivity index (χ4v) is 8.12. The zero-order valence-corrected chi connectivity index (χ0v) is 18.7. The van der Waals surface area contributed by atoms with Crippen molar-refractivity contribution in [1.29, 1.82) is 0 Å². The van der Waals surface area contributed by atoms with Crippen LogP contribution < -0.4 is 0 Å². The Bertz CT molecular complexity index is 862. The standard InChI is InChI=1S/C25H34O6/c1-4-5-21-30-20-11-17-16-7-6-14-10-15(27)8-9-23(14,2)22(16)18(28)12-24(17,3)25(20,31-21)19(29)13-26/h8-10,16-18,20-22,26,28H,4-7,11-13H2,1-3H3/t16-,17-,18?,20?,21?,22+,23-,24-,25+/m0/s1. The largest absolute Gasteiger partial charge is 0.393 e. The number of ketones is 2. The number of carbonyl (C=O) groups is 2. The van der Waals surface area contributed by atoms with Crippen LogP contribution in [0.2, 0.25) is 0 Å². The summed E-state index contributed by atoms with van der Waals surface area (Å²) in [6.45, 7) is 5.67.